The van der Waals surface area contributed by atoms with Crippen molar-refractivity contribution in [2.45, 2.75) is 18.7 Å². The van der Waals surface area contributed by atoms with Gasteiger partial charge in [0.1, 0.15) is 0 Å². The number of nitrogens with zero attached hydrogens (tertiary/aromatic N) is 1. The molecule has 11 heavy (non-hydrogen) atoms. The lowest BCUT2D eigenvalue weighted by Gasteiger charge is -1.95. The van der Waals surface area contributed by atoms with Crippen LogP contribution in [-0.2, 0) is 0 Å². The van der Waals surface area contributed by atoms with Gasteiger partial charge >= 0.3 is 0 Å². The summed E-state index contributed by atoms with van der Waals surface area (Å²) in [6, 6.07) is 0. The topological polar surface area (TPSA) is 30.0 Å². The van der Waals surface area contributed by atoms with E-state index in [1.165, 1.54) is 11.3 Å². The molecule has 1 aromatic heterocycles. The lowest BCUT2D eigenvalue weighted by atomic mass is 10.3. The van der Waals surface area contributed by atoms with Crippen molar-refractivity contribution in [2.75, 3.05) is 0 Å². The number of hydrogen-bond acceptors (Lipinski definition) is 3. The molecule has 2 nitrogen and oxygen atoms in total. The van der Waals surface area contributed by atoms with Crippen LogP contribution in [0.3, 0.4) is 0 Å². The minimum atomic E-state index is -0.109. The lowest BCUT2D eigenvalue weighted by molar-refractivity contribution is 0.0999. The highest BCUT2D eigenvalue weighted by Crippen LogP contribution is 2.16. The first-order valence-electron chi connectivity index (χ1n) is 3.22. The summed E-state index contributed by atoms with van der Waals surface area (Å²) in [5.41, 5.74) is 0. The molecule has 0 N–H and O–H groups in total. The third kappa shape index (κ3) is 2.10. The number of carbonyl (C=O) groups excluding carboxylic acids is 1. The van der Waals surface area contributed by atoms with Crippen molar-refractivity contribution in [3.05, 3.63) is 16.1 Å². The quantitative estimate of drug-likeness (QED) is 0.581. The summed E-state index contributed by atoms with van der Waals surface area (Å²) in [7, 11) is 0. The van der Waals surface area contributed by atoms with E-state index in [9.17, 15) is 4.79 Å². The molecule has 1 rings (SSSR count). The zero-order chi connectivity index (χ0) is 8.43. The van der Waals surface area contributed by atoms with Crippen molar-refractivity contribution < 1.29 is 4.79 Å². The zero-order valence-corrected chi connectivity index (χ0v) is 8.70. The van der Waals surface area contributed by atoms with E-state index in [4.69, 9.17) is 0 Å². The summed E-state index contributed by atoms with van der Waals surface area (Å²) in [6.45, 7) is 3.71. The summed E-state index contributed by atoms with van der Waals surface area (Å²) in [5.74, 6) is 0.107. The van der Waals surface area contributed by atoms with Gasteiger partial charge in [0.15, 0.2) is 5.78 Å². The smallest absolute Gasteiger partial charge is 0.187 e. The molecule has 1 unspecified atom stereocenters. The van der Waals surface area contributed by atoms with Crippen molar-refractivity contribution in [1.82, 2.24) is 4.98 Å². The number of carbonyl (C=O) groups is 1. The highest BCUT2D eigenvalue weighted by atomic mass is 79.9. The minimum Gasteiger partial charge on any atom is -0.292 e. The fourth-order valence-corrected chi connectivity index (χ4v) is 1.88. The Bertz CT molecular complexity index is 269. The number of aryl methyl sites for hydroxylation is 1. The summed E-state index contributed by atoms with van der Waals surface area (Å²) in [4.78, 5) is 15.9. The Kier molecular flexibility index (Phi) is 2.78. The first-order chi connectivity index (χ1) is 5.11. The third-order valence-electron chi connectivity index (χ3n) is 1.23. The Morgan fingerprint density at radius 1 is 1.82 bits per heavy atom. The van der Waals surface area contributed by atoms with Gasteiger partial charge in [-0.15, -0.1) is 11.3 Å². The van der Waals surface area contributed by atoms with Gasteiger partial charge in [-0.2, -0.15) is 0 Å². The van der Waals surface area contributed by atoms with Crippen LogP contribution in [0.1, 0.15) is 21.6 Å². The lowest BCUT2D eigenvalue weighted by Crippen LogP contribution is -2.07. The van der Waals surface area contributed by atoms with Gasteiger partial charge in [-0.25, -0.2) is 4.98 Å². The van der Waals surface area contributed by atoms with Crippen LogP contribution in [0.25, 0.3) is 0 Å². The molecule has 0 amide bonds. The van der Waals surface area contributed by atoms with Crippen LogP contribution < -0.4 is 0 Å². The number of thiazole rings is 1. The molecule has 0 radical (unpaired) electrons. The first-order valence-corrected chi connectivity index (χ1v) is 4.95. The van der Waals surface area contributed by atoms with E-state index in [1.807, 2.05) is 13.8 Å². The molecule has 0 fully saturated rings. The maximum Gasteiger partial charge on any atom is 0.187 e. The molecule has 0 spiro atoms. The maximum absolute atomic E-state index is 11.3. The van der Waals surface area contributed by atoms with E-state index in [-0.39, 0.29) is 10.6 Å². The van der Waals surface area contributed by atoms with E-state index in [2.05, 4.69) is 20.9 Å². The molecule has 4 heteroatoms. The van der Waals surface area contributed by atoms with Gasteiger partial charge < -0.3 is 0 Å². The summed E-state index contributed by atoms with van der Waals surface area (Å²) in [6.07, 6.45) is 1.63. The van der Waals surface area contributed by atoms with Gasteiger partial charge in [0.2, 0.25) is 0 Å². The van der Waals surface area contributed by atoms with Crippen molar-refractivity contribution in [2.24, 2.45) is 0 Å². The predicted molar refractivity (Wildman–Crippen MR) is 49.6 cm³/mol. The molecule has 1 heterocycles. The molecule has 0 saturated heterocycles. The van der Waals surface area contributed by atoms with Crippen molar-refractivity contribution in [3.63, 3.8) is 0 Å². The van der Waals surface area contributed by atoms with Gasteiger partial charge in [0.05, 0.1) is 14.7 Å². The van der Waals surface area contributed by atoms with Crippen LogP contribution in [0.4, 0.5) is 0 Å². The van der Waals surface area contributed by atoms with Crippen LogP contribution in [-0.4, -0.2) is 15.6 Å². The van der Waals surface area contributed by atoms with Crippen molar-refractivity contribution in [3.8, 4) is 0 Å². The van der Waals surface area contributed by atoms with E-state index < -0.39 is 0 Å². The molecule has 1 aromatic rings. The average Bonchev–Trinajstić information content (AvgIpc) is 2.34. The van der Waals surface area contributed by atoms with Gasteiger partial charge in [-0.3, -0.25) is 4.79 Å². The number of halogens is 1. The Morgan fingerprint density at radius 3 is 2.82 bits per heavy atom. The maximum atomic E-state index is 11.3. The van der Waals surface area contributed by atoms with E-state index >= 15 is 0 Å². The Morgan fingerprint density at radius 2 is 2.45 bits per heavy atom. The summed E-state index contributed by atoms with van der Waals surface area (Å²) < 4.78 is 0. The van der Waals surface area contributed by atoms with E-state index in [0.29, 0.717) is 0 Å². The van der Waals surface area contributed by atoms with Gasteiger partial charge in [-0.05, 0) is 13.8 Å². The molecule has 0 aliphatic rings. The number of ketones is 1. The van der Waals surface area contributed by atoms with Crippen LogP contribution in [0.5, 0.6) is 0 Å². The van der Waals surface area contributed by atoms with Gasteiger partial charge in [0, 0.05) is 6.20 Å². The van der Waals surface area contributed by atoms with E-state index in [1.54, 1.807) is 6.20 Å². The number of alkyl halides is 1. The highest BCUT2D eigenvalue weighted by molar-refractivity contribution is 9.10. The molecule has 0 aliphatic carbocycles. The van der Waals surface area contributed by atoms with E-state index in [0.717, 1.165) is 9.88 Å². The first kappa shape index (κ1) is 8.87. The molecular formula is C7H8BrNOS. The highest BCUT2D eigenvalue weighted by Gasteiger charge is 2.13. The minimum absolute atomic E-state index is 0.107. The van der Waals surface area contributed by atoms with Gasteiger partial charge in [0.25, 0.3) is 0 Å². The molecule has 0 saturated carbocycles. The molecule has 60 valence electrons. The zero-order valence-electron chi connectivity index (χ0n) is 6.30. The van der Waals surface area contributed by atoms with Crippen LogP contribution in [0, 0.1) is 6.92 Å². The van der Waals surface area contributed by atoms with Crippen LogP contribution in [0.2, 0.25) is 0 Å². The number of Topliss-reactive ketones (excluding diaryl/α,β-unsaturated/α-hetero) is 1. The molecule has 0 aromatic carbocycles. The molecular weight excluding hydrogens is 226 g/mol. The molecule has 0 bridgehead atoms. The van der Waals surface area contributed by atoms with Crippen molar-refractivity contribution >= 4 is 33.0 Å². The molecule has 0 aliphatic heterocycles. The van der Waals surface area contributed by atoms with Crippen LogP contribution in [0.15, 0.2) is 6.20 Å². The summed E-state index contributed by atoms with van der Waals surface area (Å²) >= 11 is 4.65. The Hall–Kier alpha value is -0.220. The SMILES string of the molecule is Cc1ncc(C(=O)C(C)Br)s1. The Labute approximate surface area is 77.8 Å². The number of rotatable bonds is 2. The third-order valence-corrected chi connectivity index (χ3v) is 2.57. The fourth-order valence-electron chi connectivity index (χ4n) is 0.671. The largest absolute Gasteiger partial charge is 0.292 e. The normalized spacial score (nSPS) is 13.0. The second kappa shape index (κ2) is 3.45. The second-order valence-corrected chi connectivity index (χ2v) is 4.83. The van der Waals surface area contributed by atoms with Gasteiger partial charge in [-0.1, -0.05) is 15.9 Å². The van der Waals surface area contributed by atoms with Crippen molar-refractivity contribution in [1.29, 1.82) is 0 Å². The number of aromatic nitrogens is 1. The predicted octanol–water partition coefficient (Wildman–Crippen LogP) is 2.42. The molecule has 1 atom stereocenters. The Balaban J connectivity index is 2.85. The summed E-state index contributed by atoms with van der Waals surface area (Å²) in [5, 5.41) is 0.932. The fraction of sp³-hybridized carbons (Fsp3) is 0.429. The number of hydrogen-bond donors (Lipinski definition) is 0. The second-order valence-electron chi connectivity index (χ2n) is 2.22. The monoisotopic (exact) mass is 233 g/mol. The average molecular weight is 234 g/mol. The standard InChI is InChI=1S/C7H8BrNOS/c1-4(8)7(10)6-3-9-5(2)11-6/h3-4H,1-2H3. The van der Waals surface area contributed by atoms with Crippen LogP contribution >= 0.6 is 27.3 Å².